The van der Waals surface area contributed by atoms with Crippen LogP contribution in [0.15, 0.2) is 0 Å². The van der Waals surface area contributed by atoms with E-state index >= 15 is 0 Å². The Bertz CT molecular complexity index is 821. The first kappa shape index (κ1) is 32.7. The molecule has 0 aromatic carbocycles. The van der Waals surface area contributed by atoms with Crippen molar-refractivity contribution in [3.05, 3.63) is 0 Å². The number of amides is 6. The average Bonchev–Trinajstić information content (AvgIpc) is 2.81. The van der Waals surface area contributed by atoms with Crippen LogP contribution in [0.5, 0.6) is 0 Å². The Morgan fingerprint density at radius 1 is 0.611 bits per heavy atom. The lowest BCUT2D eigenvalue weighted by Gasteiger charge is -2.28. The first-order chi connectivity index (χ1) is 16.8. The van der Waals surface area contributed by atoms with Gasteiger partial charge < -0.3 is 31.1 Å². The molecule has 0 saturated carbocycles. The molecule has 0 rings (SSSR count). The number of carbonyl (C=O) groups is 6. The molecule has 17 heteroatoms. The van der Waals surface area contributed by atoms with E-state index in [1.807, 2.05) is 0 Å². The fraction of sp³-hybridized carbons (Fsp3) is 0.684. The summed E-state index contributed by atoms with van der Waals surface area (Å²) in [6, 6.07) is 0. The molecule has 0 aliphatic carbocycles. The van der Waals surface area contributed by atoms with Crippen LogP contribution in [0, 0.1) is 0 Å². The highest BCUT2D eigenvalue weighted by Gasteiger charge is 2.26. The molecule has 0 heterocycles. The van der Waals surface area contributed by atoms with Gasteiger partial charge in [-0.1, -0.05) is 0 Å². The largest absolute Gasteiger partial charge is 0.358 e. The lowest BCUT2D eigenvalue weighted by Crippen LogP contribution is -2.52. The number of likely N-dealkylation sites (N-methyl/N-ethyl adjacent to an activating group) is 4. The molecule has 0 aliphatic heterocycles. The molecule has 0 radical (unpaired) electrons. The highest BCUT2D eigenvalue weighted by Crippen LogP contribution is 2.01. The average molecular weight is 538 g/mol. The monoisotopic (exact) mass is 537 g/mol. The van der Waals surface area contributed by atoms with Crippen LogP contribution in [-0.4, -0.2) is 145 Å². The van der Waals surface area contributed by atoms with Crippen molar-refractivity contribution < 1.29 is 41.4 Å². The lowest BCUT2D eigenvalue weighted by molar-refractivity contribution is -0.143. The number of rotatable bonds is 16. The van der Waals surface area contributed by atoms with Gasteiger partial charge in [0.25, 0.3) is 10.1 Å². The normalized spacial score (nSPS) is 10.8. The minimum absolute atomic E-state index is 0.216. The Hall–Kier alpha value is -3.31. The van der Waals surface area contributed by atoms with E-state index in [1.165, 1.54) is 33.1 Å². The van der Waals surface area contributed by atoms with Crippen molar-refractivity contribution in [2.45, 2.75) is 0 Å². The molecule has 4 N–H and O–H groups in total. The van der Waals surface area contributed by atoms with E-state index in [0.717, 1.165) is 16.1 Å². The van der Waals surface area contributed by atoms with Crippen LogP contribution in [0.25, 0.3) is 0 Å². The number of hydrogen-bond acceptors (Lipinski definition) is 10. The lowest BCUT2D eigenvalue weighted by atomic mass is 10.3. The fourth-order valence-electron chi connectivity index (χ4n) is 2.59. The van der Waals surface area contributed by atoms with E-state index in [9.17, 15) is 37.2 Å². The summed E-state index contributed by atoms with van der Waals surface area (Å²) in [7, 11) is 1.60. The first-order valence-corrected chi connectivity index (χ1v) is 12.5. The molecule has 0 atom stereocenters. The third kappa shape index (κ3) is 14.2. The first-order valence-electron chi connectivity index (χ1n) is 10.7. The van der Waals surface area contributed by atoms with Gasteiger partial charge in [-0.2, -0.15) is 8.42 Å². The van der Waals surface area contributed by atoms with Crippen molar-refractivity contribution in [1.29, 1.82) is 0 Å². The summed E-state index contributed by atoms with van der Waals surface area (Å²) in [6.45, 7) is -3.38. The van der Waals surface area contributed by atoms with Crippen LogP contribution in [0.4, 0.5) is 0 Å². The van der Waals surface area contributed by atoms with E-state index in [2.05, 4.69) is 21.3 Å². The Morgan fingerprint density at radius 3 is 1.17 bits per heavy atom. The molecule has 6 amide bonds. The van der Waals surface area contributed by atoms with Crippen molar-refractivity contribution in [3.63, 3.8) is 0 Å². The quantitative estimate of drug-likeness (QED) is 0.138. The Balaban J connectivity index is 5.75. The summed E-state index contributed by atoms with van der Waals surface area (Å²) in [5, 5.41) is 9.36. The van der Waals surface area contributed by atoms with Crippen LogP contribution in [0.1, 0.15) is 0 Å². The molecule has 0 fully saturated rings. The van der Waals surface area contributed by atoms with Gasteiger partial charge in [0.1, 0.15) is 26.2 Å². The van der Waals surface area contributed by atoms with E-state index in [-0.39, 0.29) is 6.54 Å². The number of carbonyl (C=O) groups excluding carboxylic acids is 6. The zero-order valence-corrected chi connectivity index (χ0v) is 21.9. The Kier molecular flexibility index (Phi) is 14.9. The fourth-order valence-corrected chi connectivity index (χ4v) is 2.97. The molecule has 0 bridgehead atoms. The van der Waals surface area contributed by atoms with Crippen molar-refractivity contribution in [3.8, 4) is 0 Å². The third-order valence-electron chi connectivity index (χ3n) is 4.58. The van der Waals surface area contributed by atoms with Gasteiger partial charge in [-0.25, -0.2) is 0 Å². The number of hydrogen-bond donors (Lipinski definition) is 4. The summed E-state index contributed by atoms with van der Waals surface area (Å²) in [4.78, 5) is 76.3. The number of nitrogens with zero attached hydrogens (tertiary/aromatic N) is 3. The summed E-state index contributed by atoms with van der Waals surface area (Å²) in [6.07, 6.45) is 0.830. The molecule has 16 nitrogen and oxygen atoms in total. The maximum absolute atomic E-state index is 12.9. The van der Waals surface area contributed by atoms with Gasteiger partial charge >= 0.3 is 0 Å². The second-order valence-electron chi connectivity index (χ2n) is 7.43. The second-order valence-corrected chi connectivity index (χ2v) is 9.07. The molecule has 36 heavy (non-hydrogen) atoms. The Morgan fingerprint density at radius 2 is 0.917 bits per heavy atom. The van der Waals surface area contributed by atoms with Crippen molar-refractivity contribution in [1.82, 2.24) is 36.0 Å². The van der Waals surface area contributed by atoms with Gasteiger partial charge in [-0.15, -0.1) is 0 Å². The summed E-state index contributed by atoms with van der Waals surface area (Å²) < 4.78 is 27.3. The van der Waals surface area contributed by atoms with Crippen molar-refractivity contribution in [2.75, 3.05) is 86.9 Å². The molecule has 0 saturated heterocycles. The van der Waals surface area contributed by atoms with E-state index in [0.29, 0.717) is 0 Å². The van der Waals surface area contributed by atoms with Gasteiger partial charge in [-0.05, 0) is 0 Å². The zero-order valence-electron chi connectivity index (χ0n) is 21.1. The molecule has 0 aromatic heterocycles. The van der Waals surface area contributed by atoms with Crippen LogP contribution in [0.2, 0.25) is 0 Å². The van der Waals surface area contributed by atoms with Crippen LogP contribution in [0.3, 0.4) is 0 Å². The summed E-state index contributed by atoms with van der Waals surface area (Å²) in [5.41, 5.74) is 0. The van der Waals surface area contributed by atoms with Crippen molar-refractivity contribution in [2.24, 2.45) is 0 Å². The number of nitrogens with one attached hydrogen (secondary N) is 4. The maximum Gasteiger partial charge on any atom is 0.264 e. The molecule has 0 spiro atoms. The molecule has 0 aromatic rings. The van der Waals surface area contributed by atoms with Gasteiger partial charge in [0.15, 0.2) is 0 Å². The van der Waals surface area contributed by atoms with Gasteiger partial charge in [0, 0.05) is 34.7 Å². The summed E-state index contributed by atoms with van der Waals surface area (Å²) in [5.74, 6) is -3.59. The molecule has 0 aliphatic rings. The van der Waals surface area contributed by atoms with E-state index in [1.54, 1.807) is 0 Å². The topological polar surface area (TPSA) is 204 Å². The SMILES string of the molecule is CNC(=O)CN(CC(=O)NC)C(=O)CN(CCOS(C)(=O)=O)CC(=O)N(CC(=O)NC)CC(=O)NC. The maximum atomic E-state index is 12.9. The molecule has 0 unspecified atom stereocenters. The smallest absolute Gasteiger partial charge is 0.264 e. The van der Waals surface area contributed by atoms with Crippen molar-refractivity contribution >= 4 is 45.6 Å². The Labute approximate surface area is 210 Å². The zero-order chi connectivity index (χ0) is 27.9. The van der Waals surface area contributed by atoms with E-state index in [4.69, 9.17) is 4.18 Å². The predicted octanol–water partition coefficient (Wildman–Crippen LogP) is -5.09. The van der Waals surface area contributed by atoms with Crippen LogP contribution in [-0.2, 0) is 43.1 Å². The molecular formula is C19H35N7O9S. The second kappa shape index (κ2) is 16.4. The van der Waals surface area contributed by atoms with Gasteiger partial charge in [0.2, 0.25) is 35.4 Å². The predicted molar refractivity (Wildman–Crippen MR) is 127 cm³/mol. The van der Waals surface area contributed by atoms with Gasteiger partial charge in [-0.3, -0.25) is 37.9 Å². The van der Waals surface area contributed by atoms with Crippen LogP contribution >= 0.6 is 0 Å². The minimum atomic E-state index is -3.82. The standard InChI is InChI=1S/C19H35N7O9S/c1-20-14(27)8-25(9-15(28)21-2)18(31)12-24(6-7-35-36(5,33)34)13-19(32)26(10-16(29)22-3)11-17(30)23-4/h6-13H2,1-5H3,(H,20,27)(H,21,28)(H,22,29)(H,23,30). The highest BCUT2D eigenvalue weighted by atomic mass is 32.2. The van der Waals surface area contributed by atoms with E-state index < -0.39 is 91.4 Å². The molecule has 206 valence electrons. The minimum Gasteiger partial charge on any atom is -0.358 e. The summed E-state index contributed by atoms with van der Waals surface area (Å²) >= 11 is 0. The van der Waals surface area contributed by atoms with Crippen LogP contribution < -0.4 is 21.3 Å². The third-order valence-corrected chi connectivity index (χ3v) is 5.18. The molecular weight excluding hydrogens is 502 g/mol. The highest BCUT2D eigenvalue weighted by molar-refractivity contribution is 7.85. The van der Waals surface area contributed by atoms with Gasteiger partial charge in [0.05, 0.1) is 26.0 Å².